The Hall–Kier alpha value is -2.87. The second-order valence-corrected chi connectivity index (χ2v) is 6.99. The SMILES string of the molecule is COc1cc([N+](=O)[O-])c2cc(C)n(S(=O)(=O)c3ccccc3)c2c1. The molecule has 0 bridgehead atoms. The zero-order valence-corrected chi connectivity index (χ0v) is 13.8. The molecule has 8 heteroatoms. The van der Waals surface area contributed by atoms with Gasteiger partial charge < -0.3 is 4.74 Å². The van der Waals surface area contributed by atoms with Crippen LogP contribution in [0.4, 0.5) is 5.69 Å². The van der Waals surface area contributed by atoms with Crippen LogP contribution in [0.3, 0.4) is 0 Å². The maximum atomic E-state index is 13.0. The number of non-ortho nitro benzene ring substituents is 1. The minimum atomic E-state index is -3.88. The van der Waals surface area contributed by atoms with E-state index in [0.29, 0.717) is 5.69 Å². The summed E-state index contributed by atoms with van der Waals surface area (Å²) in [4.78, 5) is 10.9. The van der Waals surface area contributed by atoms with Crippen molar-refractivity contribution >= 4 is 26.6 Å². The average Bonchev–Trinajstić information content (AvgIpc) is 2.90. The van der Waals surface area contributed by atoms with E-state index in [1.165, 1.54) is 37.4 Å². The van der Waals surface area contributed by atoms with E-state index in [1.807, 2.05) is 0 Å². The fourth-order valence-electron chi connectivity index (χ4n) is 2.66. The summed E-state index contributed by atoms with van der Waals surface area (Å²) < 4.78 is 32.1. The van der Waals surface area contributed by atoms with Crippen LogP contribution < -0.4 is 4.74 Å². The monoisotopic (exact) mass is 346 g/mol. The van der Waals surface area contributed by atoms with Crippen LogP contribution in [0, 0.1) is 17.0 Å². The van der Waals surface area contributed by atoms with E-state index in [2.05, 4.69) is 0 Å². The normalized spacial score (nSPS) is 11.6. The van der Waals surface area contributed by atoms with Gasteiger partial charge in [-0.25, -0.2) is 12.4 Å². The lowest BCUT2D eigenvalue weighted by atomic mass is 10.2. The summed E-state index contributed by atoms with van der Waals surface area (Å²) in [5.74, 6) is 0.219. The van der Waals surface area contributed by atoms with Crippen LogP contribution >= 0.6 is 0 Å². The molecule has 3 aromatic rings. The van der Waals surface area contributed by atoms with Gasteiger partial charge in [-0.15, -0.1) is 0 Å². The molecule has 0 spiro atoms. The maximum Gasteiger partial charge on any atom is 0.282 e. The van der Waals surface area contributed by atoms with Crippen LogP contribution in [-0.4, -0.2) is 24.4 Å². The summed E-state index contributed by atoms with van der Waals surface area (Å²) >= 11 is 0. The molecule has 0 aliphatic rings. The molecule has 0 saturated heterocycles. The smallest absolute Gasteiger partial charge is 0.282 e. The molecule has 124 valence electrons. The van der Waals surface area contributed by atoms with Crippen molar-refractivity contribution < 1.29 is 18.1 Å². The van der Waals surface area contributed by atoms with Crippen molar-refractivity contribution in [1.29, 1.82) is 0 Å². The third kappa shape index (κ3) is 2.41. The lowest BCUT2D eigenvalue weighted by Crippen LogP contribution is -2.14. The number of methoxy groups -OCH3 is 1. The van der Waals surface area contributed by atoms with Gasteiger partial charge in [-0.2, -0.15) is 0 Å². The first kappa shape index (κ1) is 16.0. The molecule has 0 radical (unpaired) electrons. The van der Waals surface area contributed by atoms with Gasteiger partial charge in [0.25, 0.3) is 15.7 Å². The first-order valence-electron chi connectivity index (χ1n) is 7.01. The van der Waals surface area contributed by atoms with E-state index >= 15 is 0 Å². The summed E-state index contributed by atoms with van der Waals surface area (Å²) in [6.45, 7) is 1.59. The number of nitro benzene ring substituents is 1. The van der Waals surface area contributed by atoms with E-state index in [-0.39, 0.29) is 27.2 Å². The molecular formula is C16H14N2O5S. The number of nitro groups is 1. The van der Waals surface area contributed by atoms with Gasteiger partial charge in [0.15, 0.2) is 0 Å². The number of nitrogens with zero attached hydrogens (tertiary/aromatic N) is 2. The second kappa shape index (κ2) is 5.64. The molecule has 7 nitrogen and oxygen atoms in total. The molecule has 0 atom stereocenters. The summed E-state index contributed by atoms with van der Waals surface area (Å²) in [6.07, 6.45) is 0. The minimum Gasteiger partial charge on any atom is -0.496 e. The van der Waals surface area contributed by atoms with Gasteiger partial charge in [-0.1, -0.05) is 18.2 Å². The van der Waals surface area contributed by atoms with E-state index in [1.54, 1.807) is 25.1 Å². The number of aryl methyl sites for hydroxylation is 1. The van der Waals surface area contributed by atoms with Crippen molar-refractivity contribution in [3.63, 3.8) is 0 Å². The molecule has 1 aromatic heterocycles. The Balaban J connectivity index is 2.40. The Morgan fingerprint density at radius 3 is 2.38 bits per heavy atom. The fourth-order valence-corrected chi connectivity index (χ4v) is 4.21. The fraction of sp³-hybridized carbons (Fsp3) is 0.125. The summed E-state index contributed by atoms with van der Waals surface area (Å²) in [6, 6.07) is 12.2. The van der Waals surface area contributed by atoms with Gasteiger partial charge in [0, 0.05) is 11.8 Å². The number of benzene rings is 2. The molecule has 0 amide bonds. The number of ether oxygens (including phenoxy) is 1. The van der Waals surface area contributed by atoms with Crippen LogP contribution in [0.25, 0.3) is 10.9 Å². The first-order chi connectivity index (χ1) is 11.4. The molecule has 24 heavy (non-hydrogen) atoms. The van der Waals surface area contributed by atoms with Crippen LogP contribution in [0.2, 0.25) is 0 Å². The zero-order valence-electron chi connectivity index (χ0n) is 13.0. The van der Waals surface area contributed by atoms with Gasteiger partial charge in [0.1, 0.15) is 5.75 Å². The van der Waals surface area contributed by atoms with Gasteiger partial charge in [-0.05, 0) is 25.1 Å². The number of hydrogen-bond acceptors (Lipinski definition) is 5. The molecule has 0 fully saturated rings. The molecule has 1 heterocycles. The number of fused-ring (bicyclic) bond motifs is 1. The van der Waals surface area contributed by atoms with Gasteiger partial charge in [0.05, 0.1) is 33.9 Å². The molecule has 0 aliphatic carbocycles. The summed E-state index contributed by atoms with van der Waals surface area (Å²) in [5, 5.41) is 11.6. The van der Waals surface area contributed by atoms with Crippen molar-refractivity contribution in [3.05, 3.63) is 64.3 Å². The molecule has 0 N–H and O–H groups in total. The van der Waals surface area contributed by atoms with E-state index < -0.39 is 14.9 Å². The second-order valence-electron chi connectivity index (χ2n) is 5.20. The molecular weight excluding hydrogens is 332 g/mol. The van der Waals surface area contributed by atoms with Crippen molar-refractivity contribution in [2.24, 2.45) is 0 Å². The number of aromatic nitrogens is 1. The highest BCUT2D eigenvalue weighted by Crippen LogP contribution is 2.35. The van der Waals surface area contributed by atoms with Crippen molar-refractivity contribution in [3.8, 4) is 5.75 Å². The number of rotatable bonds is 4. The maximum absolute atomic E-state index is 13.0. The quantitative estimate of drug-likeness (QED) is 0.535. The van der Waals surface area contributed by atoms with Gasteiger partial charge in [-0.3, -0.25) is 10.1 Å². The third-order valence-corrected chi connectivity index (χ3v) is 5.55. The Bertz CT molecular complexity index is 1040. The topological polar surface area (TPSA) is 91.4 Å². The van der Waals surface area contributed by atoms with E-state index in [4.69, 9.17) is 4.74 Å². The van der Waals surface area contributed by atoms with Crippen molar-refractivity contribution in [2.45, 2.75) is 11.8 Å². The minimum absolute atomic E-state index is 0.107. The van der Waals surface area contributed by atoms with E-state index in [9.17, 15) is 18.5 Å². The molecule has 3 rings (SSSR count). The molecule has 0 unspecified atom stereocenters. The Labute approximate surface area is 138 Å². The highest BCUT2D eigenvalue weighted by molar-refractivity contribution is 7.90. The first-order valence-corrected chi connectivity index (χ1v) is 8.45. The van der Waals surface area contributed by atoms with Gasteiger partial charge in [0.2, 0.25) is 0 Å². The summed E-state index contributed by atoms with van der Waals surface area (Å²) in [5.41, 5.74) is 0.391. The third-order valence-electron chi connectivity index (χ3n) is 3.72. The van der Waals surface area contributed by atoms with Crippen LogP contribution in [0.5, 0.6) is 5.75 Å². The largest absolute Gasteiger partial charge is 0.496 e. The van der Waals surface area contributed by atoms with Crippen LogP contribution in [0.15, 0.2) is 53.4 Å². The van der Waals surface area contributed by atoms with Crippen LogP contribution in [0.1, 0.15) is 5.69 Å². The number of hydrogen-bond donors (Lipinski definition) is 0. The summed E-state index contributed by atoms with van der Waals surface area (Å²) in [7, 11) is -2.51. The zero-order chi connectivity index (χ0) is 17.5. The lowest BCUT2D eigenvalue weighted by molar-refractivity contribution is -0.383. The Morgan fingerprint density at radius 2 is 1.79 bits per heavy atom. The average molecular weight is 346 g/mol. The predicted molar refractivity (Wildman–Crippen MR) is 88.9 cm³/mol. The Kier molecular flexibility index (Phi) is 3.76. The van der Waals surface area contributed by atoms with Gasteiger partial charge >= 0.3 is 0 Å². The van der Waals surface area contributed by atoms with E-state index in [0.717, 1.165) is 3.97 Å². The predicted octanol–water partition coefficient (Wildman–Crippen LogP) is 3.10. The lowest BCUT2D eigenvalue weighted by Gasteiger charge is -2.10. The van der Waals surface area contributed by atoms with Crippen LogP contribution in [-0.2, 0) is 10.0 Å². The molecule has 0 aliphatic heterocycles. The highest BCUT2D eigenvalue weighted by atomic mass is 32.2. The van der Waals surface area contributed by atoms with Crippen molar-refractivity contribution in [1.82, 2.24) is 3.97 Å². The van der Waals surface area contributed by atoms with Crippen molar-refractivity contribution in [2.75, 3.05) is 7.11 Å². The highest BCUT2D eigenvalue weighted by Gasteiger charge is 2.25. The standard InChI is InChI=1S/C16H14N2O5S/c1-11-8-14-15(9-12(23-2)10-16(14)18(19)20)17(11)24(21,22)13-6-4-3-5-7-13/h3-10H,1-2H3. The Morgan fingerprint density at radius 1 is 1.12 bits per heavy atom. The molecule has 0 saturated carbocycles. The molecule has 2 aromatic carbocycles.